The molecule has 2 aliphatic rings. The van der Waals surface area contributed by atoms with Crippen LogP contribution < -0.4 is 11.2 Å². The van der Waals surface area contributed by atoms with Gasteiger partial charge in [0.25, 0.3) is 5.56 Å². The first kappa shape index (κ1) is 30.2. The lowest BCUT2D eigenvalue weighted by Gasteiger charge is -2.34. The molecule has 0 bridgehead atoms. The topological polar surface area (TPSA) is 133 Å². The quantitative estimate of drug-likeness (QED) is 0.261. The van der Waals surface area contributed by atoms with Crippen LogP contribution >= 0.6 is 34.5 Å². The smallest absolute Gasteiger partial charge is 0.351 e. The van der Waals surface area contributed by atoms with E-state index >= 15 is 0 Å². The number of carbonyl (C=O) groups is 2. The number of H-pyrrole nitrogens is 1. The van der Waals surface area contributed by atoms with Crippen LogP contribution in [0.25, 0.3) is 16.9 Å². The average molecular weight is 656 g/mol. The maximum Gasteiger partial charge on any atom is 0.351 e. The second-order valence-corrected chi connectivity index (χ2v) is 13.5. The van der Waals surface area contributed by atoms with Crippen LogP contribution in [0.15, 0.2) is 58.3 Å². The van der Waals surface area contributed by atoms with Gasteiger partial charge in [0.2, 0.25) is 6.10 Å². The van der Waals surface area contributed by atoms with Gasteiger partial charge in [0.15, 0.2) is 0 Å². The first-order chi connectivity index (χ1) is 21.0. The predicted molar refractivity (Wildman–Crippen MR) is 166 cm³/mol. The Morgan fingerprint density at radius 3 is 2.43 bits per heavy atom. The predicted octanol–water partition coefficient (Wildman–Crippen LogP) is 5.71. The molecule has 1 saturated carbocycles. The highest BCUT2D eigenvalue weighted by atomic mass is 35.5. The number of benzene rings is 2. The van der Waals surface area contributed by atoms with E-state index in [9.17, 15) is 19.2 Å². The van der Waals surface area contributed by atoms with Gasteiger partial charge < -0.3 is 9.47 Å². The van der Waals surface area contributed by atoms with Gasteiger partial charge in [-0.05, 0) is 38.8 Å². The van der Waals surface area contributed by atoms with Crippen LogP contribution in [-0.4, -0.2) is 44.4 Å². The molecule has 44 heavy (non-hydrogen) atoms. The minimum absolute atomic E-state index is 0.228. The number of hydrogen-bond acceptors (Lipinski definition) is 9. The molecule has 1 saturated heterocycles. The molecule has 2 fully saturated rings. The van der Waals surface area contributed by atoms with E-state index in [0.717, 1.165) is 54.3 Å². The number of nitrogens with zero attached hydrogens (tertiary/aromatic N) is 3. The molecule has 6 rings (SSSR count). The highest BCUT2D eigenvalue weighted by molar-refractivity contribution is 7.14. The summed E-state index contributed by atoms with van der Waals surface area (Å²) in [5.41, 5.74) is -0.906. The van der Waals surface area contributed by atoms with Crippen molar-refractivity contribution < 1.29 is 19.1 Å². The molecule has 2 aromatic carbocycles. The summed E-state index contributed by atoms with van der Waals surface area (Å²) in [7, 11) is 0. The van der Waals surface area contributed by atoms with E-state index in [1.54, 1.807) is 0 Å². The Hall–Kier alpha value is -3.80. The summed E-state index contributed by atoms with van der Waals surface area (Å²) in [5.74, 6) is -1.16. The molecule has 4 aromatic rings. The average Bonchev–Trinajstić information content (AvgIpc) is 3.57. The molecule has 1 unspecified atom stereocenters. The molecule has 1 aliphatic heterocycles. The summed E-state index contributed by atoms with van der Waals surface area (Å²) in [6.07, 6.45) is 4.50. The molecule has 10 nitrogen and oxygen atoms in total. The number of esters is 2. The highest BCUT2D eigenvalue weighted by Gasteiger charge is 2.53. The van der Waals surface area contributed by atoms with Crippen molar-refractivity contribution in [2.75, 3.05) is 6.61 Å². The summed E-state index contributed by atoms with van der Waals surface area (Å²) >= 11 is 14.7. The standard InChI is InChI=1S/C31H28Cl2N4O6S/c1-30(2,22-19(32)13-18(14-20(22)33)37-29(41)35-21(38)15-34-37)28-36-23(17-9-5-3-6-10-17)24(44-28)26(39)43-25-27(40)42-16-31(25)11-7-4-8-12-31/h3,5-6,9-10,13-15,25H,4,7-8,11-12,16H2,1-2H3,(H,35,38,41). The Labute approximate surface area is 266 Å². The monoisotopic (exact) mass is 654 g/mol. The second-order valence-electron chi connectivity index (χ2n) is 11.6. The molecule has 1 spiro atoms. The maximum absolute atomic E-state index is 13.9. The van der Waals surface area contributed by atoms with Crippen LogP contribution in [0, 0.1) is 5.41 Å². The lowest BCUT2D eigenvalue weighted by Crippen LogP contribution is -2.40. The minimum Gasteiger partial charge on any atom is -0.462 e. The number of halogens is 2. The summed E-state index contributed by atoms with van der Waals surface area (Å²) in [4.78, 5) is 57.7. The van der Waals surface area contributed by atoms with Gasteiger partial charge in [-0.3, -0.25) is 9.78 Å². The number of cyclic esters (lactones) is 1. The van der Waals surface area contributed by atoms with Gasteiger partial charge in [-0.2, -0.15) is 9.78 Å². The van der Waals surface area contributed by atoms with Gasteiger partial charge in [-0.25, -0.2) is 19.4 Å². The number of aromatic amines is 1. The van der Waals surface area contributed by atoms with Crippen molar-refractivity contribution in [3.63, 3.8) is 0 Å². The van der Waals surface area contributed by atoms with Gasteiger partial charge in [-0.1, -0.05) is 72.8 Å². The van der Waals surface area contributed by atoms with Crippen molar-refractivity contribution >= 4 is 46.5 Å². The molecule has 0 amide bonds. The van der Waals surface area contributed by atoms with Crippen molar-refractivity contribution in [1.82, 2.24) is 19.7 Å². The largest absolute Gasteiger partial charge is 0.462 e. The Balaban J connectivity index is 1.40. The SMILES string of the molecule is CC(C)(c1nc(-c2ccccc2)c(C(=O)OC2C(=O)OCC23CCCCC3)s1)c1c(Cl)cc(-n2ncc(=O)[nH]c2=O)cc1Cl. The van der Waals surface area contributed by atoms with Crippen LogP contribution in [0.5, 0.6) is 0 Å². The zero-order valence-electron chi connectivity index (χ0n) is 23.9. The Bertz CT molecular complexity index is 1850. The molecule has 1 aliphatic carbocycles. The van der Waals surface area contributed by atoms with Crippen LogP contribution in [-0.2, 0) is 19.7 Å². The Morgan fingerprint density at radius 1 is 1.09 bits per heavy atom. The number of rotatable bonds is 6. The first-order valence-corrected chi connectivity index (χ1v) is 15.7. The zero-order chi connectivity index (χ0) is 31.2. The molecule has 2 aromatic heterocycles. The van der Waals surface area contributed by atoms with Crippen LogP contribution in [0.2, 0.25) is 10.0 Å². The van der Waals surface area contributed by atoms with Crippen molar-refractivity contribution in [3.8, 4) is 16.9 Å². The van der Waals surface area contributed by atoms with Crippen molar-refractivity contribution in [3.05, 3.63) is 95.0 Å². The molecule has 3 heterocycles. The van der Waals surface area contributed by atoms with Gasteiger partial charge in [0.1, 0.15) is 22.7 Å². The molecule has 228 valence electrons. The lowest BCUT2D eigenvalue weighted by molar-refractivity contribution is -0.145. The number of carbonyl (C=O) groups excluding carboxylic acids is 2. The van der Waals surface area contributed by atoms with Crippen molar-refractivity contribution in [2.45, 2.75) is 57.5 Å². The molecular weight excluding hydrogens is 627 g/mol. The molecular formula is C31H28Cl2N4O6S. The van der Waals surface area contributed by atoms with Crippen LogP contribution in [0.4, 0.5) is 0 Å². The second kappa shape index (κ2) is 11.6. The van der Waals surface area contributed by atoms with E-state index in [1.165, 1.54) is 12.1 Å². The van der Waals surface area contributed by atoms with Gasteiger partial charge >= 0.3 is 17.6 Å². The summed E-state index contributed by atoms with van der Waals surface area (Å²) in [6.45, 7) is 4.00. The van der Waals surface area contributed by atoms with E-state index in [1.807, 2.05) is 44.2 Å². The Morgan fingerprint density at radius 2 is 1.77 bits per heavy atom. The third-order valence-electron chi connectivity index (χ3n) is 8.35. The fraction of sp³-hybridized carbons (Fsp3) is 0.355. The molecule has 1 N–H and O–H groups in total. The van der Waals surface area contributed by atoms with Crippen LogP contribution in [0.3, 0.4) is 0 Å². The van der Waals surface area contributed by atoms with Gasteiger partial charge in [0.05, 0.1) is 16.8 Å². The number of hydrogen-bond donors (Lipinski definition) is 1. The number of ether oxygens (including phenoxy) is 2. The fourth-order valence-corrected chi connectivity index (χ4v) is 8.08. The molecule has 13 heteroatoms. The molecule has 0 radical (unpaired) electrons. The van der Waals surface area contributed by atoms with E-state index in [0.29, 0.717) is 21.8 Å². The summed E-state index contributed by atoms with van der Waals surface area (Å²) < 4.78 is 12.4. The van der Waals surface area contributed by atoms with E-state index in [4.69, 9.17) is 37.7 Å². The number of aromatic nitrogens is 4. The highest BCUT2D eigenvalue weighted by Crippen LogP contribution is 2.47. The lowest BCUT2D eigenvalue weighted by atomic mass is 9.72. The normalized spacial score (nSPS) is 17.9. The fourth-order valence-electron chi connectivity index (χ4n) is 6.05. The number of nitrogens with one attached hydrogen (secondary N) is 1. The maximum atomic E-state index is 13.9. The van der Waals surface area contributed by atoms with E-state index in [2.05, 4.69) is 10.1 Å². The van der Waals surface area contributed by atoms with Crippen molar-refractivity contribution in [2.24, 2.45) is 5.41 Å². The van der Waals surface area contributed by atoms with Crippen molar-refractivity contribution in [1.29, 1.82) is 0 Å². The summed E-state index contributed by atoms with van der Waals surface area (Å²) in [5, 5.41) is 4.86. The van der Waals surface area contributed by atoms with Gasteiger partial charge in [-0.15, -0.1) is 11.3 Å². The van der Waals surface area contributed by atoms with E-state index < -0.39 is 40.1 Å². The number of thiazole rings is 1. The third-order valence-corrected chi connectivity index (χ3v) is 10.3. The van der Waals surface area contributed by atoms with Gasteiger partial charge in [0, 0.05) is 26.6 Å². The van der Waals surface area contributed by atoms with Crippen LogP contribution in [0.1, 0.15) is 66.2 Å². The molecule has 1 atom stereocenters. The first-order valence-electron chi connectivity index (χ1n) is 14.1. The van der Waals surface area contributed by atoms with E-state index in [-0.39, 0.29) is 27.2 Å². The summed E-state index contributed by atoms with van der Waals surface area (Å²) in [6, 6.07) is 12.3. The third kappa shape index (κ3) is 5.37. The zero-order valence-corrected chi connectivity index (χ0v) is 26.2. The minimum atomic E-state index is -0.973. The Kier molecular flexibility index (Phi) is 7.98.